The van der Waals surface area contributed by atoms with E-state index in [1.54, 1.807) is 0 Å². The molecule has 0 saturated carbocycles. The number of H-pyrrole nitrogens is 1. The summed E-state index contributed by atoms with van der Waals surface area (Å²) in [5.74, 6) is 1.35. The Bertz CT molecular complexity index is 907. The number of rotatable bonds is 6. The number of anilines is 1. The number of amides is 1. The van der Waals surface area contributed by atoms with E-state index in [0.717, 1.165) is 75.7 Å². The van der Waals surface area contributed by atoms with Crippen LogP contribution < -0.4 is 10.2 Å². The summed E-state index contributed by atoms with van der Waals surface area (Å²) in [6, 6.07) is 2.18. The predicted octanol–water partition coefficient (Wildman–Crippen LogP) is 2.30. The third-order valence-corrected chi connectivity index (χ3v) is 6.87. The number of nitrogens with zero attached hydrogens (tertiary/aromatic N) is 4. The lowest BCUT2D eigenvalue weighted by Gasteiger charge is -2.23. The fourth-order valence-corrected chi connectivity index (χ4v) is 5.08. The number of fused-ring (bicyclic) bond motifs is 1. The molecule has 2 fully saturated rings. The zero-order valence-electron chi connectivity index (χ0n) is 18.1. The topological polar surface area (TPSA) is 96.0 Å². The van der Waals surface area contributed by atoms with E-state index in [1.807, 2.05) is 12.3 Å². The van der Waals surface area contributed by atoms with Crippen molar-refractivity contribution in [2.24, 2.45) is 0 Å². The van der Waals surface area contributed by atoms with E-state index in [2.05, 4.69) is 25.4 Å². The van der Waals surface area contributed by atoms with Gasteiger partial charge in [-0.3, -0.25) is 9.89 Å². The zero-order chi connectivity index (χ0) is 21.0. The van der Waals surface area contributed by atoms with Crippen molar-refractivity contribution < 1.29 is 9.53 Å². The van der Waals surface area contributed by atoms with Crippen LogP contribution in [0.1, 0.15) is 67.1 Å². The van der Waals surface area contributed by atoms with Gasteiger partial charge in [0.15, 0.2) is 0 Å². The largest absolute Gasteiger partial charge is 0.381 e. The molecule has 1 aliphatic carbocycles. The summed E-state index contributed by atoms with van der Waals surface area (Å²) in [6.45, 7) is 3.25. The summed E-state index contributed by atoms with van der Waals surface area (Å²) in [7, 11) is 0. The number of carbonyl (C=O) groups is 1. The second kappa shape index (κ2) is 9.34. The lowest BCUT2D eigenvalue weighted by molar-refractivity contribution is -0.121. The second-order valence-corrected chi connectivity index (χ2v) is 9.00. The van der Waals surface area contributed by atoms with Crippen molar-refractivity contribution in [2.75, 3.05) is 31.2 Å². The maximum atomic E-state index is 12.6. The third-order valence-electron chi connectivity index (χ3n) is 6.87. The van der Waals surface area contributed by atoms with Crippen molar-refractivity contribution >= 4 is 11.9 Å². The van der Waals surface area contributed by atoms with Crippen molar-refractivity contribution in [1.29, 1.82) is 0 Å². The number of hydrogen-bond acceptors (Lipinski definition) is 6. The molecule has 2 aromatic heterocycles. The van der Waals surface area contributed by atoms with Crippen molar-refractivity contribution in [3.8, 4) is 0 Å². The first-order valence-electron chi connectivity index (χ1n) is 11.8. The molecule has 2 N–H and O–H groups in total. The minimum Gasteiger partial charge on any atom is -0.381 e. The van der Waals surface area contributed by atoms with Crippen LogP contribution in [0.4, 0.5) is 5.95 Å². The van der Waals surface area contributed by atoms with Crippen LogP contribution in [0, 0.1) is 0 Å². The Morgan fingerprint density at radius 1 is 1.23 bits per heavy atom. The van der Waals surface area contributed by atoms with Crippen LogP contribution in [0.3, 0.4) is 0 Å². The first-order valence-corrected chi connectivity index (χ1v) is 11.8. The normalized spacial score (nSPS) is 21.8. The summed E-state index contributed by atoms with van der Waals surface area (Å²) < 4.78 is 5.47. The highest BCUT2D eigenvalue weighted by atomic mass is 16.5. The van der Waals surface area contributed by atoms with Gasteiger partial charge in [-0.05, 0) is 56.6 Å². The van der Waals surface area contributed by atoms with Gasteiger partial charge in [0.25, 0.3) is 0 Å². The van der Waals surface area contributed by atoms with Gasteiger partial charge < -0.3 is 15.0 Å². The number of ether oxygens (including phenoxy) is 1. The van der Waals surface area contributed by atoms with Crippen molar-refractivity contribution in [3.05, 3.63) is 34.9 Å². The molecule has 0 spiro atoms. The molecule has 0 aromatic carbocycles. The molecule has 8 nitrogen and oxygen atoms in total. The van der Waals surface area contributed by atoms with E-state index in [-0.39, 0.29) is 11.9 Å². The van der Waals surface area contributed by atoms with Gasteiger partial charge in [-0.2, -0.15) is 5.10 Å². The van der Waals surface area contributed by atoms with E-state index in [4.69, 9.17) is 9.72 Å². The molecule has 166 valence electrons. The molecule has 1 atom stereocenters. The monoisotopic (exact) mass is 424 g/mol. The van der Waals surface area contributed by atoms with Crippen LogP contribution in [0.2, 0.25) is 0 Å². The van der Waals surface area contributed by atoms with Gasteiger partial charge in [0.2, 0.25) is 11.9 Å². The minimum absolute atomic E-state index is 0.108. The zero-order valence-corrected chi connectivity index (χ0v) is 18.1. The maximum Gasteiger partial charge on any atom is 0.225 e. The Hall–Kier alpha value is -2.48. The molecule has 31 heavy (non-hydrogen) atoms. The summed E-state index contributed by atoms with van der Waals surface area (Å²) in [5, 5.41) is 10.8. The van der Waals surface area contributed by atoms with Crippen molar-refractivity contribution in [1.82, 2.24) is 25.5 Å². The minimum atomic E-state index is 0.108. The first-order chi connectivity index (χ1) is 15.3. The Balaban J connectivity index is 1.12. The predicted molar refractivity (Wildman–Crippen MR) is 117 cm³/mol. The van der Waals surface area contributed by atoms with Gasteiger partial charge in [-0.15, -0.1) is 0 Å². The van der Waals surface area contributed by atoms with Gasteiger partial charge >= 0.3 is 0 Å². The molecule has 4 heterocycles. The Morgan fingerprint density at radius 2 is 2.10 bits per heavy atom. The molecular formula is C23H32N6O2. The van der Waals surface area contributed by atoms with Crippen LogP contribution in [0.15, 0.2) is 12.3 Å². The van der Waals surface area contributed by atoms with E-state index in [1.165, 1.54) is 24.1 Å². The Kier molecular flexibility index (Phi) is 6.15. The molecular weight excluding hydrogens is 392 g/mol. The molecule has 2 aliphatic heterocycles. The SMILES string of the molecule is O=C(CCc1n[nH]c2c1CCCC2)NC1CCN(c2nccc(C3CCOCC3)n2)C1. The van der Waals surface area contributed by atoms with Crippen molar-refractivity contribution in [3.63, 3.8) is 0 Å². The fraction of sp³-hybridized carbons (Fsp3) is 0.652. The van der Waals surface area contributed by atoms with Crippen LogP contribution >= 0.6 is 0 Å². The molecule has 0 radical (unpaired) electrons. The smallest absolute Gasteiger partial charge is 0.225 e. The average molecular weight is 425 g/mol. The quantitative estimate of drug-likeness (QED) is 0.739. The molecule has 0 bridgehead atoms. The van der Waals surface area contributed by atoms with Gasteiger partial charge in [0, 0.05) is 68.7 Å². The standard InChI is InChI=1S/C23H32N6O2/c30-22(6-5-21-18-3-1-2-4-20(18)27-28-21)25-17-8-12-29(15-17)23-24-11-7-19(26-23)16-9-13-31-14-10-16/h7,11,16-17H,1-6,8-10,12-15H2,(H,25,30)(H,27,28). The van der Waals surface area contributed by atoms with Crippen LogP contribution in [-0.4, -0.2) is 58.4 Å². The summed E-state index contributed by atoms with van der Waals surface area (Å²) in [5.41, 5.74) is 4.82. The van der Waals surface area contributed by atoms with E-state index < -0.39 is 0 Å². The number of nitrogens with one attached hydrogen (secondary N) is 2. The van der Waals surface area contributed by atoms with Crippen LogP contribution in [0.25, 0.3) is 0 Å². The van der Waals surface area contributed by atoms with Crippen LogP contribution in [0.5, 0.6) is 0 Å². The highest BCUT2D eigenvalue weighted by Crippen LogP contribution is 2.27. The highest BCUT2D eigenvalue weighted by molar-refractivity contribution is 5.76. The second-order valence-electron chi connectivity index (χ2n) is 9.00. The molecule has 2 saturated heterocycles. The lowest BCUT2D eigenvalue weighted by Crippen LogP contribution is -2.37. The van der Waals surface area contributed by atoms with Gasteiger partial charge in [-0.25, -0.2) is 9.97 Å². The summed E-state index contributed by atoms with van der Waals surface area (Å²) in [6.07, 6.45) is 10.7. The molecule has 3 aliphatic rings. The van der Waals surface area contributed by atoms with Gasteiger partial charge in [-0.1, -0.05) is 0 Å². The molecule has 2 aromatic rings. The number of aromatic nitrogens is 4. The number of hydrogen-bond donors (Lipinski definition) is 2. The average Bonchev–Trinajstić information content (AvgIpc) is 3.45. The van der Waals surface area contributed by atoms with Gasteiger partial charge in [0.05, 0.1) is 5.69 Å². The number of aryl methyl sites for hydroxylation is 2. The van der Waals surface area contributed by atoms with Gasteiger partial charge in [0.1, 0.15) is 0 Å². The molecule has 1 amide bonds. The van der Waals surface area contributed by atoms with E-state index in [9.17, 15) is 4.79 Å². The number of carbonyl (C=O) groups excluding carboxylic acids is 1. The molecule has 8 heteroatoms. The lowest BCUT2D eigenvalue weighted by atomic mass is 9.94. The van der Waals surface area contributed by atoms with Crippen molar-refractivity contribution in [2.45, 2.75) is 69.7 Å². The fourth-order valence-electron chi connectivity index (χ4n) is 5.08. The van der Waals surface area contributed by atoms with Crippen LogP contribution in [-0.2, 0) is 28.8 Å². The highest BCUT2D eigenvalue weighted by Gasteiger charge is 2.27. The Labute approximate surface area is 183 Å². The maximum absolute atomic E-state index is 12.6. The molecule has 1 unspecified atom stereocenters. The van der Waals surface area contributed by atoms with E-state index in [0.29, 0.717) is 18.8 Å². The summed E-state index contributed by atoms with van der Waals surface area (Å²) >= 11 is 0. The summed E-state index contributed by atoms with van der Waals surface area (Å²) in [4.78, 5) is 24.1. The van der Waals surface area contributed by atoms with E-state index >= 15 is 0 Å². The molecule has 5 rings (SSSR count). The first kappa shape index (κ1) is 20.4. The Morgan fingerprint density at radius 3 is 3.00 bits per heavy atom. The number of aromatic amines is 1. The third kappa shape index (κ3) is 4.74.